The van der Waals surface area contributed by atoms with Gasteiger partial charge in [0.15, 0.2) is 6.10 Å². The molecule has 0 aliphatic carbocycles. The molecule has 0 saturated carbocycles. The highest BCUT2D eigenvalue weighted by Gasteiger charge is 2.35. The van der Waals surface area contributed by atoms with Crippen molar-refractivity contribution in [2.75, 3.05) is 22.4 Å². The Morgan fingerprint density at radius 2 is 1.82 bits per heavy atom. The Morgan fingerprint density at radius 3 is 2.43 bits per heavy atom. The first kappa shape index (κ1) is 19.8. The van der Waals surface area contributed by atoms with E-state index in [-0.39, 0.29) is 18.0 Å². The van der Waals surface area contributed by atoms with E-state index in [2.05, 4.69) is 10.1 Å². The fourth-order valence-electron chi connectivity index (χ4n) is 2.62. The smallest absolute Gasteiger partial charge is 0.476 e. The number of carbonyl (C=O) groups is 1. The first-order valence-corrected chi connectivity index (χ1v) is 9.78. The molecule has 2 aromatic carbocycles. The number of nitrogens with zero attached hydrogens (tertiary/aromatic N) is 1. The Bertz CT molecular complexity index is 977. The molecule has 1 heterocycles. The summed E-state index contributed by atoms with van der Waals surface area (Å²) in [5, 5.41) is 2.48. The van der Waals surface area contributed by atoms with E-state index in [1.54, 1.807) is 18.2 Å². The molecule has 0 radical (unpaired) electrons. The number of hydrogen-bond acceptors (Lipinski definition) is 5. The highest BCUT2D eigenvalue weighted by Crippen LogP contribution is 2.34. The van der Waals surface area contributed by atoms with Gasteiger partial charge in [0.2, 0.25) is 10.0 Å². The highest BCUT2D eigenvalue weighted by atomic mass is 32.2. The normalized spacial score (nSPS) is 16.7. The van der Waals surface area contributed by atoms with Crippen LogP contribution in [0.1, 0.15) is 0 Å². The number of halogens is 3. The number of sulfonamides is 1. The molecule has 11 heteroatoms. The van der Waals surface area contributed by atoms with Gasteiger partial charge in [0.05, 0.1) is 18.5 Å². The summed E-state index contributed by atoms with van der Waals surface area (Å²) in [6.07, 6.45) is -4.94. The number of hydrogen-bond donors (Lipinski definition) is 1. The standard InChI is InChI=1S/C17H15F3N2O5S/c1-28(24,25)22-10-15(26-14-5-3-2-4-13(14)22)16(23)21-11-6-8-12(9-7-11)27-17(18,19)20/h2-9,15H,10H2,1H3,(H,21,23)/t15-/m1/s1. The molecule has 0 unspecified atom stereocenters. The van der Waals surface area contributed by atoms with E-state index in [9.17, 15) is 26.4 Å². The summed E-state index contributed by atoms with van der Waals surface area (Å²) in [4.78, 5) is 12.5. The van der Waals surface area contributed by atoms with Crippen LogP contribution in [0.4, 0.5) is 24.5 Å². The maximum Gasteiger partial charge on any atom is 0.573 e. The number of alkyl halides is 3. The number of fused-ring (bicyclic) bond motifs is 1. The zero-order valence-electron chi connectivity index (χ0n) is 14.4. The lowest BCUT2D eigenvalue weighted by atomic mass is 10.2. The molecule has 0 bridgehead atoms. The molecular formula is C17H15F3N2O5S. The number of benzene rings is 2. The van der Waals surface area contributed by atoms with Crippen LogP contribution in [-0.2, 0) is 14.8 Å². The van der Waals surface area contributed by atoms with Gasteiger partial charge < -0.3 is 14.8 Å². The summed E-state index contributed by atoms with van der Waals surface area (Å²) >= 11 is 0. The molecule has 1 aliphatic rings. The van der Waals surface area contributed by atoms with Crippen LogP contribution in [0.5, 0.6) is 11.5 Å². The summed E-state index contributed by atoms with van der Waals surface area (Å²) in [6, 6.07) is 10.9. The van der Waals surface area contributed by atoms with Crippen molar-refractivity contribution in [1.29, 1.82) is 0 Å². The van der Waals surface area contributed by atoms with Crippen molar-refractivity contribution in [3.8, 4) is 11.5 Å². The average Bonchev–Trinajstić information content (AvgIpc) is 2.60. The van der Waals surface area contributed by atoms with Crippen molar-refractivity contribution < 1.29 is 35.9 Å². The predicted molar refractivity (Wildman–Crippen MR) is 94.8 cm³/mol. The quantitative estimate of drug-likeness (QED) is 0.829. The van der Waals surface area contributed by atoms with Gasteiger partial charge in [0.1, 0.15) is 11.5 Å². The third-order valence-corrected chi connectivity index (χ3v) is 4.93. The van der Waals surface area contributed by atoms with Crippen LogP contribution >= 0.6 is 0 Å². The van der Waals surface area contributed by atoms with Crippen LogP contribution in [0.3, 0.4) is 0 Å². The van der Waals surface area contributed by atoms with Gasteiger partial charge >= 0.3 is 6.36 Å². The summed E-state index contributed by atoms with van der Waals surface area (Å²) in [7, 11) is -3.65. The highest BCUT2D eigenvalue weighted by molar-refractivity contribution is 7.92. The Hall–Kier alpha value is -2.95. The summed E-state index contributed by atoms with van der Waals surface area (Å²) in [5.41, 5.74) is 0.524. The van der Waals surface area contributed by atoms with Crippen LogP contribution in [-0.4, -0.2) is 39.6 Å². The van der Waals surface area contributed by atoms with Crippen molar-refractivity contribution >= 4 is 27.3 Å². The molecule has 1 atom stereocenters. The molecule has 0 saturated heterocycles. The maximum absolute atomic E-state index is 12.5. The number of rotatable bonds is 4. The number of nitrogens with one attached hydrogen (secondary N) is 1. The first-order valence-electron chi connectivity index (χ1n) is 7.93. The average molecular weight is 416 g/mol. The Balaban J connectivity index is 1.74. The van der Waals surface area contributed by atoms with Gasteiger partial charge in [0, 0.05) is 5.69 Å². The molecule has 0 fully saturated rings. The summed E-state index contributed by atoms with van der Waals surface area (Å²) in [6.45, 7) is -0.239. The van der Waals surface area contributed by atoms with E-state index < -0.39 is 34.1 Å². The van der Waals surface area contributed by atoms with Gasteiger partial charge in [-0.25, -0.2) is 8.42 Å². The maximum atomic E-state index is 12.5. The topological polar surface area (TPSA) is 84.9 Å². The largest absolute Gasteiger partial charge is 0.573 e. The molecule has 28 heavy (non-hydrogen) atoms. The van der Waals surface area contributed by atoms with Gasteiger partial charge in [-0.2, -0.15) is 0 Å². The molecular weight excluding hydrogens is 401 g/mol. The lowest BCUT2D eigenvalue weighted by molar-refractivity contribution is -0.274. The van der Waals surface area contributed by atoms with E-state index >= 15 is 0 Å². The van der Waals surface area contributed by atoms with Crippen LogP contribution in [0.15, 0.2) is 48.5 Å². The Kier molecular flexibility index (Phi) is 5.11. The van der Waals surface area contributed by atoms with E-state index in [4.69, 9.17) is 4.74 Å². The van der Waals surface area contributed by atoms with Crippen molar-refractivity contribution in [2.45, 2.75) is 12.5 Å². The van der Waals surface area contributed by atoms with Gasteiger partial charge in [-0.15, -0.1) is 13.2 Å². The predicted octanol–water partition coefficient (Wildman–Crippen LogP) is 2.75. The van der Waals surface area contributed by atoms with Crippen molar-refractivity contribution in [1.82, 2.24) is 0 Å². The van der Waals surface area contributed by atoms with Crippen molar-refractivity contribution in [3.63, 3.8) is 0 Å². The number of carbonyl (C=O) groups excluding carboxylic acids is 1. The Morgan fingerprint density at radius 1 is 1.18 bits per heavy atom. The second-order valence-electron chi connectivity index (χ2n) is 5.93. The Labute approximate surface area is 158 Å². The van der Waals surface area contributed by atoms with Gasteiger partial charge in [-0.3, -0.25) is 9.10 Å². The van der Waals surface area contributed by atoms with Crippen molar-refractivity contribution in [3.05, 3.63) is 48.5 Å². The molecule has 1 aliphatic heterocycles. The minimum atomic E-state index is -4.82. The molecule has 0 aromatic heterocycles. The molecule has 1 amide bonds. The van der Waals surface area contributed by atoms with Crippen LogP contribution < -0.4 is 19.1 Å². The second-order valence-corrected chi connectivity index (χ2v) is 7.84. The fourth-order valence-corrected chi connectivity index (χ4v) is 3.53. The van der Waals surface area contributed by atoms with Crippen LogP contribution in [0, 0.1) is 0 Å². The minimum absolute atomic E-state index is 0.202. The summed E-state index contributed by atoms with van der Waals surface area (Å²) < 4.78 is 71.1. The third kappa shape index (κ3) is 4.66. The third-order valence-electron chi connectivity index (χ3n) is 3.78. The van der Waals surface area contributed by atoms with E-state index in [0.717, 1.165) is 22.7 Å². The van der Waals surface area contributed by atoms with E-state index in [1.807, 2.05) is 0 Å². The molecule has 1 N–H and O–H groups in total. The first-order chi connectivity index (χ1) is 13.0. The lowest BCUT2D eigenvalue weighted by Gasteiger charge is -2.33. The van der Waals surface area contributed by atoms with E-state index in [1.165, 1.54) is 18.2 Å². The number of ether oxygens (including phenoxy) is 2. The van der Waals surface area contributed by atoms with Crippen LogP contribution in [0.2, 0.25) is 0 Å². The molecule has 150 valence electrons. The zero-order chi connectivity index (χ0) is 20.5. The molecule has 0 spiro atoms. The molecule has 7 nitrogen and oxygen atoms in total. The summed E-state index contributed by atoms with van der Waals surface area (Å²) in [5.74, 6) is -0.850. The number of anilines is 2. The van der Waals surface area contributed by atoms with Gasteiger partial charge in [-0.05, 0) is 36.4 Å². The number of amides is 1. The fraction of sp³-hybridized carbons (Fsp3) is 0.235. The minimum Gasteiger partial charge on any atom is -0.476 e. The number of para-hydroxylation sites is 2. The lowest BCUT2D eigenvalue weighted by Crippen LogP contribution is -2.48. The van der Waals surface area contributed by atoms with Gasteiger partial charge in [-0.1, -0.05) is 12.1 Å². The SMILES string of the molecule is CS(=O)(=O)N1C[C@H](C(=O)Nc2ccc(OC(F)(F)F)cc2)Oc2ccccc21. The second kappa shape index (κ2) is 7.23. The van der Waals surface area contributed by atoms with Crippen LogP contribution in [0.25, 0.3) is 0 Å². The molecule has 3 rings (SSSR count). The van der Waals surface area contributed by atoms with Crippen molar-refractivity contribution in [2.24, 2.45) is 0 Å². The monoisotopic (exact) mass is 416 g/mol. The molecule has 2 aromatic rings. The van der Waals surface area contributed by atoms with E-state index in [0.29, 0.717) is 5.69 Å². The zero-order valence-corrected chi connectivity index (χ0v) is 15.3. The van der Waals surface area contributed by atoms with Gasteiger partial charge in [0.25, 0.3) is 5.91 Å².